The second kappa shape index (κ2) is 7.32. The number of hydrogen-bond acceptors (Lipinski definition) is 4. The standard InChI is InChI=1S/C18H25NO4/c1-13-6-7-14(11-16(13)21-2)12-17(20)19-8-4-3-5-15(19)18-22-9-10-23-18/h6-7,11,15,18H,3-5,8-10,12H2,1-2H3. The third-order valence-electron chi connectivity index (χ3n) is 4.66. The minimum Gasteiger partial charge on any atom is -0.496 e. The molecule has 5 nitrogen and oxygen atoms in total. The Morgan fingerprint density at radius 1 is 1.30 bits per heavy atom. The van der Waals surface area contributed by atoms with Crippen LogP contribution in [0.15, 0.2) is 18.2 Å². The smallest absolute Gasteiger partial charge is 0.227 e. The van der Waals surface area contributed by atoms with E-state index in [4.69, 9.17) is 14.2 Å². The van der Waals surface area contributed by atoms with E-state index in [0.29, 0.717) is 19.6 Å². The van der Waals surface area contributed by atoms with Gasteiger partial charge in [0.25, 0.3) is 0 Å². The summed E-state index contributed by atoms with van der Waals surface area (Å²) in [5.74, 6) is 0.965. The summed E-state index contributed by atoms with van der Waals surface area (Å²) in [5, 5.41) is 0. The molecule has 0 bridgehead atoms. The van der Waals surface area contributed by atoms with Crippen LogP contribution in [0.1, 0.15) is 30.4 Å². The van der Waals surface area contributed by atoms with Crippen LogP contribution in [0.25, 0.3) is 0 Å². The first-order chi connectivity index (χ1) is 11.2. The van der Waals surface area contributed by atoms with Gasteiger partial charge in [-0.2, -0.15) is 0 Å². The molecule has 0 radical (unpaired) electrons. The normalized spacial score (nSPS) is 22.3. The lowest BCUT2D eigenvalue weighted by atomic mass is 10.00. The zero-order chi connectivity index (χ0) is 16.2. The van der Waals surface area contributed by atoms with Crippen molar-refractivity contribution in [1.82, 2.24) is 4.90 Å². The second-order valence-electron chi connectivity index (χ2n) is 6.24. The largest absolute Gasteiger partial charge is 0.496 e. The molecule has 0 spiro atoms. The number of carbonyl (C=O) groups is 1. The molecule has 1 aromatic rings. The Hall–Kier alpha value is -1.59. The quantitative estimate of drug-likeness (QED) is 0.854. The zero-order valence-electron chi connectivity index (χ0n) is 13.9. The van der Waals surface area contributed by atoms with E-state index in [9.17, 15) is 4.79 Å². The highest BCUT2D eigenvalue weighted by Crippen LogP contribution is 2.26. The summed E-state index contributed by atoms with van der Waals surface area (Å²) in [6.07, 6.45) is 3.25. The Balaban J connectivity index is 1.70. The molecule has 0 aromatic heterocycles. The van der Waals surface area contributed by atoms with Crippen molar-refractivity contribution in [2.24, 2.45) is 0 Å². The van der Waals surface area contributed by atoms with Crippen molar-refractivity contribution in [3.05, 3.63) is 29.3 Å². The molecule has 1 aromatic carbocycles. The number of nitrogens with zero attached hydrogens (tertiary/aromatic N) is 1. The van der Waals surface area contributed by atoms with Gasteiger partial charge in [0, 0.05) is 6.54 Å². The minimum atomic E-state index is -0.258. The average molecular weight is 319 g/mol. The maximum atomic E-state index is 12.8. The number of piperidine rings is 1. The average Bonchev–Trinajstić information content (AvgIpc) is 3.11. The van der Waals surface area contributed by atoms with E-state index in [1.54, 1.807) is 7.11 Å². The molecule has 0 N–H and O–H groups in total. The van der Waals surface area contributed by atoms with Crippen molar-refractivity contribution in [3.8, 4) is 5.75 Å². The van der Waals surface area contributed by atoms with E-state index in [-0.39, 0.29) is 18.2 Å². The van der Waals surface area contributed by atoms with Crippen molar-refractivity contribution in [3.63, 3.8) is 0 Å². The fraction of sp³-hybridized carbons (Fsp3) is 0.611. The molecule has 2 heterocycles. The van der Waals surface area contributed by atoms with Gasteiger partial charge in [0.05, 0.1) is 32.8 Å². The monoisotopic (exact) mass is 319 g/mol. The third-order valence-corrected chi connectivity index (χ3v) is 4.66. The van der Waals surface area contributed by atoms with Crippen molar-refractivity contribution in [2.45, 2.75) is 44.9 Å². The number of carbonyl (C=O) groups excluding carboxylic acids is 1. The number of ether oxygens (including phenoxy) is 3. The van der Waals surface area contributed by atoms with Crippen LogP contribution in [0.4, 0.5) is 0 Å². The molecule has 0 saturated carbocycles. The third kappa shape index (κ3) is 3.67. The Bertz CT molecular complexity index is 554. The molecule has 1 unspecified atom stereocenters. The molecular weight excluding hydrogens is 294 g/mol. The molecule has 0 aliphatic carbocycles. The lowest BCUT2D eigenvalue weighted by molar-refractivity contribution is -0.149. The van der Waals surface area contributed by atoms with Crippen molar-refractivity contribution in [2.75, 3.05) is 26.9 Å². The summed E-state index contributed by atoms with van der Waals surface area (Å²) >= 11 is 0. The maximum absolute atomic E-state index is 12.8. The number of benzene rings is 1. The van der Waals surface area contributed by atoms with Gasteiger partial charge >= 0.3 is 0 Å². The number of aryl methyl sites for hydroxylation is 1. The molecule has 3 rings (SSSR count). The van der Waals surface area contributed by atoms with Gasteiger partial charge in [-0.15, -0.1) is 0 Å². The summed E-state index contributed by atoms with van der Waals surface area (Å²) in [6, 6.07) is 6.00. The van der Waals surface area contributed by atoms with Crippen LogP contribution in [0.2, 0.25) is 0 Å². The van der Waals surface area contributed by atoms with Crippen molar-refractivity contribution in [1.29, 1.82) is 0 Å². The number of hydrogen-bond donors (Lipinski definition) is 0. The van der Waals surface area contributed by atoms with Crippen LogP contribution in [0.5, 0.6) is 5.75 Å². The SMILES string of the molecule is COc1cc(CC(=O)N2CCCCC2C2OCCO2)ccc1C. The van der Waals surface area contributed by atoms with Gasteiger partial charge in [-0.05, 0) is 43.4 Å². The van der Waals surface area contributed by atoms with E-state index in [2.05, 4.69) is 0 Å². The molecule has 126 valence electrons. The number of likely N-dealkylation sites (tertiary alicyclic amines) is 1. The molecule has 2 saturated heterocycles. The minimum absolute atomic E-state index is 0.0473. The predicted molar refractivity (Wildman–Crippen MR) is 86.5 cm³/mol. The molecule has 2 fully saturated rings. The van der Waals surface area contributed by atoms with Crippen LogP contribution in [-0.4, -0.2) is 50.0 Å². The van der Waals surface area contributed by atoms with E-state index < -0.39 is 0 Å². The highest BCUT2D eigenvalue weighted by Gasteiger charge is 2.36. The first-order valence-electron chi connectivity index (χ1n) is 8.35. The highest BCUT2D eigenvalue weighted by atomic mass is 16.7. The van der Waals surface area contributed by atoms with Crippen molar-refractivity contribution < 1.29 is 19.0 Å². The van der Waals surface area contributed by atoms with E-state index in [1.807, 2.05) is 30.0 Å². The Labute approximate surface area is 137 Å². The number of methoxy groups -OCH3 is 1. The van der Waals surface area contributed by atoms with Crippen LogP contribution in [0, 0.1) is 6.92 Å². The van der Waals surface area contributed by atoms with Gasteiger partial charge in [-0.25, -0.2) is 0 Å². The highest BCUT2D eigenvalue weighted by molar-refractivity contribution is 5.79. The summed E-state index contributed by atoms with van der Waals surface area (Å²) in [6.45, 7) is 4.03. The number of amides is 1. The summed E-state index contributed by atoms with van der Waals surface area (Å²) in [5.41, 5.74) is 2.06. The van der Waals surface area contributed by atoms with Crippen molar-refractivity contribution >= 4 is 5.91 Å². The van der Waals surface area contributed by atoms with E-state index in [0.717, 1.165) is 42.7 Å². The molecule has 5 heteroatoms. The predicted octanol–water partition coefficient (Wildman–Crippen LogP) is 2.30. The lowest BCUT2D eigenvalue weighted by Crippen LogP contribution is -2.50. The first-order valence-corrected chi connectivity index (χ1v) is 8.35. The Morgan fingerprint density at radius 2 is 2.09 bits per heavy atom. The van der Waals surface area contributed by atoms with Crippen LogP contribution >= 0.6 is 0 Å². The number of rotatable bonds is 4. The van der Waals surface area contributed by atoms with Gasteiger partial charge in [0.2, 0.25) is 5.91 Å². The fourth-order valence-corrected chi connectivity index (χ4v) is 3.40. The van der Waals surface area contributed by atoms with Gasteiger partial charge in [-0.1, -0.05) is 12.1 Å². The van der Waals surface area contributed by atoms with E-state index in [1.165, 1.54) is 0 Å². The fourth-order valence-electron chi connectivity index (χ4n) is 3.40. The van der Waals surface area contributed by atoms with Gasteiger partial charge in [0.15, 0.2) is 6.29 Å². The molecule has 23 heavy (non-hydrogen) atoms. The molecule has 2 aliphatic rings. The Kier molecular flexibility index (Phi) is 5.18. The summed E-state index contributed by atoms with van der Waals surface area (Å²) in [4.78, 5) is 14.7. The molecule has 1 atom stereocenters. The zero-order valence-corrected chi connectivity index (χ0v) is 13.9. The van der Waals surface area contributed by atoms with Crippen LogP contribution < -0.4 is 4.74 Å². The lowest BCUT2D eigenvalue weighted by Gasteiger charge is -2.38. The van der Waals surface area contributed by atoms with E-state index >= 15 is 0 Å². The molecular formula is C18H25NO4. The van der Waals surface area contributed by atoms with Gasteiger partial charge in [-0.3, -0.25) is 4.79 Å². The first kappa shape index (κ1) is 16.3. The van der Waals surface area contributed by atoms with Gasteiger partial charge in [0.1, 0.15) is 5.75 Å². The summed E-state index contributed by atoms with van der Waals surface area (Å²) in [7, 11) is 1.66. The summed E-state index contributed by atoms with van der Waals surface area (Å²) < 4.78 is 16.6. The molecule has 2 aliphatic heterocycles. The van der Waals surface area contributed by atoms with Crippen LogP contribution in [-0.2, 0) is 20.7 Å². The topological polar surface area (TPSA) is 48.0 Å². The van der Waals surface area contributed by atoms with Crippen LogP contribution in [0.3, 0.4) is 0 Å². The Morgan fingerprint density at radius 3 is 2.83 bits per heavy atom. The second-order valence-corrected chi connectivity index (χ2v) is 6.24. The maximum Gasteiger partial charge on any atom is 0.227 e. The van der Waals surface area contributed by atoms with Gasteiger partial charge < -0.3 is 19.1 Å². The molecule has 1 amide bonds.